The largest absolute Gasteiger partial charge is 0.444 e. The number of imidazole rings is 1. The van der Waals surface area contributed by atoms with Crippen molar-refractivity contribution in [1.29, 1.82) is 0 Å². The lowest BCUT2D eigenvalue weighted by atomic mass is 10.1. The Balaban J connectivity index is 1.34. The quantitative estimate of drug-likeness (QED) is 0.592. The van der Waals surface area contributed by atoms with Gasteiger partial charge in [0.05, 0.1) is 30.0 Å². The second-order valence-corrected chi connectivity index (χ2v) is 9.82. The van der Waals surface area contributed by atoms with Gasteiger partial charge in [-0.25, -0.2) is 24.5 Å². The van der Waals surface area contributed by atoms with E-state index in [4.69, 9.17) is 9.72 Å². The highest BCUT2D eigenvalue weighted by Crippen LogP contribution is 2.24. The van der Waals surface area contributed by atoms with Crippen LogP contribution in [0.5, 0.6) is 0 Å². The first-order chi connectivity index (χ1) is 16.8. The van der Waals surface area contributed by atoms with Crippen molar-refractivity contribution in [2.75, 3.05) is 36.4 Å². The molecule has 11 nitrogen and oxygen atoms in total. The summed E-state index contributed by atoms with van der Waals surface area (Å²) in [6.45, 7) is 8.03. The number of pyridine rings is 1. The highest BCUT2D eigenvalue weighted by Gasteiger charge is 2.28. The minimum Gasteiger partial charge on any atom is -0.444 e. The lowest BCUT2D eigenvalue weighted by Crippen LogP contribution is -2.47. The van der Waals surface area contributed by atoms with Gasteiger partial charge in [-0.1, -0.05) is 6.07 Å². The summed E-state index contributed by atoms with van der Waals surface area (Å²) < 4.78 is 7.43. The van der Waals surface area contributed by atoms with Gasteiger partial charge in [-0.3, -0.25) is 9.30 Å². The summed E-state index contributed by atoms with van der Waals surface area (Å²) in [6.07, 6.45) is 6.76. The summed E-state index contributed by atoms with van der Waals surface area (Å²) >= 11 is 0. The Morgan fingerprint density at radius 3 is 2.83 bits per heavy atom. The van der Waals surface area contributed by atoms with Crippen LogP contribution in [0.1, 0.15) is 33.6 Å². The topological polar surface area (TPSA) is 117 Å². The molecular formula is C24H30N8O3. The van der Waals surface area contributed by atoms with E-state index in [2.05, 4.69) is 20.6 Å². The molecule has 3 amide bonds. The fourth-order valence-corrected chi connectivity index (χ4v) is 4.35. The smallest absolute Gasteiger partial charge is 0.410 e. The Hall–Kier alpha value is -3.89. The number of anilines is 2. The van der Waals surface area contributed by atoms with Gasteiger partial charge in [-0.15, -0.1) is 0 Å². The SMILES string of the molecule is CC(C)(C)OC(=O)N1CCC[C@@H](Nc2cccc(-c3cnc4cnc(N5CCNC5=O)cn34)n2)C1. The number of carbonyl (C=O) groups is 2. The average molecular weight is 479 g/mol. The van der Waals surface area contributed by atoms with E-state index >= 15 is 0 Å². The van der Waals surface area contributed by atoms with Crippen molar-refractivity contribution in [2.24, 2.45) is 0 Å². The van der Waals surface area contributed by atoms with Gasteiger partial charge in [0, 0.05) is 32.2 Å². The second-order valence-electron chi connectivity index (χ2n) is 9.82. The van der Waals surface area contributed by atoms with E-state index in [-0.39, 0.29) is 18.2 Å². The molecule has 0 spiro atoms. The summed E-state index contributed by atoms with van der Waals surface area (Å²) in [7, 11) is 0. The fraction of sp³-hybridized carbons (Fsp3) is 0.458. The molecule has 2 aliphatic heterocycles. The van der Waals surface area contributed by atoms with Gasteiger partial charge >= 0.3 is 12.1 Å². The molecule has 2 fully saturated rings. The van der Waals surface area contributed by atoms with Crippen LogP contribution in [-0.4, -0.2) is 74.2 Å². The first-order valence-corrected chi connectivity index (χ1v) is 11.9. The molecule has 35 heavy (non-hydrogen) atoms. The molecule has 0 unspecified atom stereocenters. The molecule has 11 heteroatoms. The van der Waals surface area contributed by atoms with E-state index in [1.807, 2.05) is 49.6 Å². The minimum absolute atomic E-state index is 0.0747. The van der Waals surface area contributed by atoms with Crippen LogP contribution in [0.4, 0.5) is 21.2 Å². The monoisotopic (exact) mass is 478 g/mol. The van der Waals surface area contributed by atoms with Crippen molar-refractivity contribution in [3.05, 3.63) is 36.8 Å². The number of hydrogen-bond acceptors (Lipinski definition) is 7. The normalized spacial score (nSPS) is 18.6. The van der Waals surface area contributed by atoms with Gasteiger partial charge in [0.25, 0.3) is 0 Å². The van der Waals surface area contributed by atoms with Crippen LogP contribution in [-0.2, 0) is 4.74 Å². The van der Waals surface area contributed by atoms with E-state index in [1.54, 1.807) is 22.2 Å². The number of rotatable bonds is 4. The number of carbonyl (C=O) groups excluding carboxylic acids is 2. The Bertz CT molecular complexity index is 1250. The van der Waals surface area contributed by atoms with Gasteiger partial charge < -0.3 is 20.3 Å². The van der Waals surface area contributed by atoms with Crippen LogP contribution in [0.3, 0.4) is 0 Å². The predicted octanol–water partition coefficient (Wildman–Crippen LogP) is 3.13. The molecule has 5 heterocycles. The zero-order valence-electron chi connectivity index (χ0n) is 20.2. The zero-order chi connectivity index (χ0) is 24.6. The lowest BCUT2D eigenvalue weighted by molar-refractivity contribution is 0.0206. The minimum atomic E-state index is -0.519. The molecule has 184 valence electrons. The fourth-order valence-electron chi connectivity index (χ4n) is 4.35. The second kappa shape index (κ2) is 9.05. The Labute approximate surface area is 203 Å². The molecule has 2 saturated heterocycles. The molecular weight excluding hydrogens is 448 g/mol. The zero-order valence-corrected chi connectivity index (χ0v) is 20.2. The van der Waals surface area contributed by atoms with Crippen molar-refractivity contribution in [3.8, 4) is 11.4 Å². The Morgan fingerprint density at radius 1 is 1.20 bits per heavy atom. The number of nitrogens with one attached hydrogen (secondary N) is 2. The molecule has 0 bridgehead atoms. The van der Waals surface area contributed by atoms with E-state index in [0.717, 1.165) is 30.0 Å². The number of aromatic nitrogens is 4. The number of piperidine rings is 1. The van der Waals surface area contributed by atoms with E-state index in [0.29, 0.717) is 37.6 Å². The number of amides is 3. The van der Waals surface area contributed by atoms with Crippen molar-refractivity contribution >= 4 is 29.4 Å². The Morgan fingerprint density at radius 2 is 2.06 bits per heavy atom. The van der Waals surface area contributed by atoms with Crippen LogP contribution in [0.2, 0.25) is 0 Å². The molecule has 2 aliphatic rings. The van der Waals surface area contributed by atoms with Gasteiger partial charge in [0.1, 0.15) is 11.4 Å². The predicted molar refractivity (Wildman–Crippen MR) is 131 cm³/mol. The molecule has 1 atom stereocenters. The van der Waals surface area contributed by atoms with Crippen LogP contribution in [0.15, 0.2) is 36.8 Å². The molecule has 3 aromatic rings. The number of fused-ring (bicyclic) bond motifs is 1. The van der Waals surface area contributed by atoms with Gasteiger partial charge in [0.15, 0.2) is 11.5 Å². The van der Waals surface area contributed by atoms with Gasteiger partial charge in [-0.2, -0.15) is 0 Å². The maximum absolute atomic E-state index is 12.5. The summed E-state index contributed by atoms with van der Waals surface area (Å²) in [5.41, 5.74) is 1.69. The molecule has 0 aliphatic carbocycles. The number of urea groups is 1. The van der Waals surface area contributed by atoms with E-state index < -0.39 is 5.60 Å². The third-order valence-electron chi connectivity index (χ3n) is 5.95. The first kappa shape index (κ1) is 22.9. The summed E-state index contributed by atoms with van der Waals surface area (Å²) in [6, 6.07) is 5.70. The molecule has 0 saturated carbocycles. The van der Waals surface area contributed by atoms with Crippen LogP contribution < -0.4 is 15.5 Å². The maximum Gasteiger partial charge on any atom is 0.410 e. The third-order valence-corrected chi connectivity index (χ3v) is 5.95. The van der Waals surface area contributed by atoms with Crippen LogP contribution in [0.25, 0.3) is 17.0 Å². The number of likely N-dealkylation sites (tertiary alicyclic amines) is 1. The molecule has 2 N–H and O–H groups in total. The number of nitrogens with zero attached hydrogens (tertiary/aromatic N) is 6. The van der Waals surface area contributed by atoms with Crippen molar-refractivity contribution in [3.63, 3.8) is 0 Å². The molecule has 5 rings (SSSR count). The van der Waals surface area contributed by atoms with Crippen molar-refractivity contribution in [1.82, 2.24) is 29.6 Å². The van der Waals surface area contributed by atoms with Gasteiger partial charge in [-0.05, 0) is 45.7 Å². The standard InChI is InChI=1S/C24H30N8O3/c1-24(2,3)35-23(34)30-10-5-6-16(14-30)28-19-8-4-7-17(29-19)18-12-26-20-13-27-21(15-32(18)20)31-11-9-25-22(31)33/h4,7-8,12-13,15-16H,5-6,9-11,14H2,1-3H3,(H,25,33)(H,28,29)/t16-/m1/s1. The number of ether oxygens (including phenoxy) is 1. The van der Waals surface area contributed by atoms with E-state index in [9.17, 15) is 9.59 Å². The molecule has 0 radical (unpaired) electrons. The first-order valence-electron chi connectivity index (χ1n) is 11.9. The average Bonchev–Trinajstić information content (AvgIpc) is 3.44. The third kappa shape index (κ3) is 4.98. The highest BCUT2D eigenvalue weighted by molar-refractivity contribution is 5.93. The Kier molecular flexibility index (Phi) is 5.91. The van der Waals surface area contributed by atoms with Crippen molar-refractivity contribution in [2.45, 2.75) is 45.3 Å². The van der Waals surface area contributed by atoms with Crippen molar-refractivity contribution < 1.29 is 14.3 Å². The summed E-state index contributed by atoms with van der Waals surface area (Å²) in [5.74, 6) is 1.28. The summed E-state index contributed by atoms with van der Waals surface area (Å²) in [4.78, 5) is 41.6. The highest BCUT2D eigenvalue weighted by atomic mass is 16.6. The lowest BCUT2D eigenvalue weighted by Gasteiger charge is -2.34. The molecule has 0 aromatic carbocycles. The maximum atomic E-state index is 12.5. The summed E-state index contributed by atoms with van der Waals surface area (Å²) in [5, 5.41) is 6.27. The van der Waals surface area contributed by atoms with E-state index in [1.165, 1.54) is 0 Å². The van der Waals surface area contributed by atoms with Gasteiger partial charge in [0.2, 0.25) is 0 Å². The number of hydrogen-bond donors (Lipinski definition) is 2. The van der Waals surface area contributed by atoms with Crippen LogP contribution >= 0.6 is 0 Å². The van der Waals surface area contributed by atoms with Crippen LogP contribution in [0, 0.1) is 0 Å². The molecule has 3 aromatic heterocycles.